The molecule has 0 bridgehead atoms. The van der Waals surface area contributed by atoms with Crippen molar-refractivity contribution in [3.63, 3.8) is 0 Å². The van der Waals surface area contributed by atoms with Crippen molar-refractivity contribution in [1.82, 2.24) is 0 Å². The number of hydrogen-bond acceptors (Lipinski definition) is 5. The molecule has 7 heteroatoms. The fourth-order valence-electron chi connectivity index (χ4n) is 2.59. The van der Waals surface area contributed by atoms with Crippen LogP contribution in [0.15, 0.2) is 63.8 Å². The Morgan fingerprint density at radius 3 is 2.68 bits per heavy atom. The molecule has 0 unspecified atom stereocenters. The summed E-state index contributed by atoms with van der Waals surface area (Å²) in [7, 11) is 0. The van der Waals surface area contributed by atoms with E-state index in [2.05, 4.69) is 4.74 Å². The third-order valence-electron chi connectivity index (χ3n) is 3.82. The van der Waals surface area contributed by atoms with E-state index in [-0.39, 0.29) is 23.7 Å². The molecular formula is C21H16F2O5. The van der Waals surface area contributed by atoms with E-state index < -0.39 is 18.0 Å². The Morgan fingerprint density at radius 2 is 1.93 bits per heavy atom. The Labute approximate surface area is 158 Å². The standard InChI is InChI=1S/C21H16F2O5/c1-2-26-19-11-13(8-10-18(19)28-21(22)23)7-9-16(24)15-12-14-5-3-4-6-17(14)27-20(15)25/h3-12,21H,2H2,1H3/b9-7+. The Bertz CT molecular complexity index is 1090. The normalized spacial score (nSPS) is 11.3. The molecule has 0 aliphatic rings. The van der Waals surface area contributed by atoms with E-state index in [1.165, 1.54) is 36.4 Å². The maximum absolute atomic E-state index is 12.5. The fraction of sp³-hybridized carbons (Fsp3) is 0.143. The van der Waals surface area contributed by atoms with E-state index in [4.69, 9.17) is 9.15 Å². The Kier molecular flexibility index (Phi) is 5.84. The first-order chi connectivity index (χ1) is 13.5. The van der Waals surface area contributed by atoms with Crippen molar-refractivity contribution >= 4 is 22.8 Å². The lowest BCUT2D eigenvalue weighted by Gasteiger charge is -2.11. The zero-order valence-corrected chi connectivity index (χ0v) is 14.9. The van der Waals surface area contributed by atoms with Crippen LogP contribution in [0.2, 0.25) is 0 Å². The molecule has 0 N–H and O–H groups in total. The molecule has 5 nitrogen and oxygen atoms in total. The number of alkyl halides is 2. The van der Waals surface area contributed by atoms with Gasteiger partial charge in [0.05, 0.1) is 6.61 Å². The average molecular weight is 386 g/mol. The monoisotopic (exact) mass is 386 g/mol. The molecule has 0 saturated carbocycles. The van der Waals surface area contributed by atoms with Gasteiger partial charge in [-0.05, 0) is 42.8 Å². The predicted molar refractivity (Wildman–Crippen MR) is 100 cm³/mol. The van der Waals surface area contributed by atoms with Gasteiger partial charge in [-0.25, -0.2) is 4.79 Å². The van der Waals surface area contributed by atoms with Crippen LogP contribution >= 0.6 is 0 Å². The Hall–Kier alpha value is -3.48. The highest BCUT2D eigenvalue weighted by molar-refractivity contribution is 6.07. The molecule has 0 saturated heterocycles. The van der Waals surface area contributed by atoms with Gasteiger partial charge in [0, 0.05) is 5.39 Å². The van der Waals surface area contributed by atoms with Gasteiger partial charge in [0.1, 0.15) is 11.1 Å². The SMILES string of the molecule is CCOc1cc(/C=C/C(=O)c2cc3ccccc3oc2=O)ccc1OC(F)F. The number of benzene rings is 2. The van der Waals surface area contributed by atoms with Crippen LogP contribution in [0.3, 0.4) is 0 Å². The molecule has 0 spiro atoms. The van der Waals surface area contributed by atoms with Gasteiger partial charge in [-0.15, -0.1) is 0 Å². The Morgan fingerprint density at radius 1 is 1.14 bits per heavy atom. The number of ketones is 1. The third kappa shape index (κ3) is 4.43. The van der Waals surface area contributed by atoms with E-state index in [9.17, 15) is 18.4 Å². The number of carbonyl (C=O) groups is 1. The smallest absolute Gasteiger partial charge is 0.387 e. The molecule has 144 valence electrons. The molecule has 0 fully saturated rings. The van der Waals surface area contributed by atoms with Crippen molar-refractivity contribution < 1.29 is 27.5 Å². The van der Waals surface area contributed by atoms with Gasteiger partial charge < -0.3 is 13.9 Å². The second-order valence-electron chi connectivity index (χ2n) is 5.70. The lowest BCUT2D eigenvalue weighted by Crippen LogP contribution is -2.11. The van der Waals surface area contributed by atoms with Gasteiger partial charge in [0.15, 0.2) is 17.3 Å². The number of hydrogen-bond donors (Lipinski definition) is 0. The first-order valence-corrected chi connectivity index (χ1v) is 8.45. The number of allylic oxidation sites excluding steroid dienone is 1. The zero-order chi connectivity index (χ0) is 20.1. The van der Waals surface area contributed by atoms with Crippen LogP contribution in [0.4, 0.5) is 8.78 Å². The van der Waals surface area contributed by atoms with Gasteiger partial charge in [-0.1, -0.05) is 30.3 Å². The number of halogens is 2. The van der Waals surface area contributed by atoms with Crippen molar-refractivity contribution in [1.29, 1.82) is 0 Å². The number of ether oxygens (including phenoxy) is 2. The van der Waals surface area contributed by atoms with Gasteiger partial charge >= 0.3 is 12.2 Å². The lowest BCUT2D eigenvalue weighted by molar-refractivity contribution is -0.0514. The summed E-state index contributed by atoms with van der Waals surface area (Å²) in [5.41, 5.74) is 0.0780. The van der Waals surface area contributed by atoms with Gasteiger partial charge in [0.2, 0.25) is 0 Å². The molecule has 0 amide bonds. The minimum absolute atomic E-state index is 0.0994. The summed E-state index contributed by atoms with van der Waals surface area (Å²) in [4.78, 5) is 24.4. The van der Waals surface area contributed by atoms with Crippen molar-refractivity contribution in [3.8, 4) is 11.5 Å². The van der Waals surface area contributed by atoms with Crippen molar-refractivity contribution in [2.24, 2.45) is 0 Å². The first kappa shape index (κ1) is 19.3. The summed E-state index contributed by atoms with van der Waals surface area (Å²) in [5.74, 6) is -0.511. The molecule has 1 heterocycles. The van der Waals surface area contributed by atoms with Crippen LogP contribution < -0.4 is 15.1 Å². The highest BCUT2D eigenvalue weighted by atomic mass is 19.3. The number of fused-ring (bicyclic) bond motifs is 1. The summed E-state index contributed by atoms with van der Waals surface area (Å²) in [6.07, 6.45) is 2.66. The predicted octanol–water partition coefficient (Wildman–Crippen LogP) is 4.69. The van der Waals surface area contributed by atoms with E-state index in [0.717, 1.165) is 0 Å². The van der Waals surface area contributed by atoms with Crippen molar-refractivity contribution in [3.05, 3.63) is 76.2 Å². The number of carbonyl (C=O) groups excluding carboxylic acids is 1. The fourth-order valence-corrected chi connectivity index (χ4v) is 2.59. The summed E-state index contributed by atoms with van der Waals surface area (Å²) >= 11 is 0. The summed E-state index contributed by atoms with van der Waals surface area (Å²) < 4.78 is 39.8. The zero-order valence-electron chi connectivity index (χ0n) is 14.9. The molecule has 0 atom stereocenters. The molecule has 3 aromatic rings. The number of para-hydroxylation sites is 1. The largest absolute Gasteiger partial charge is 0.490 e. The molecule has 2 aromatic carbocycles. The van der Waals surface area contributed by atoms with Crippen molar-refractivity contribution in [2.45, 2.75) is 13.5 Å². The molecule has 3 rings (SSSR count). The van der Waals surface area contributed by atoms with Crippen LogP contribution in [0.1, 0.15) is 22.8 Å². The van der Waals surface area contributed by atoms with Crippen LogP contribution in [0.25, 0.3) is 17.0 Å². The maximum Gasteiger partial charge on any atom is 0.387 e. The topological polar surface area (TPSA) is 65.7 Å². The van der Waals surface area contributed by atoms with E-state index in [0.29, 0.717) is 16.5 Å². The summed E-state index contributed by atoms with van der Waals surface area (Å²) in [6, 6.07) is 12.6. The minimum Gasteiger partial charge on any atom is -0.490 e. The average Bonchev–Trinajstić information content (AvgIpc) is 2.67. The lowest BCUT2D eigenvalue weighted by atomic mass is 10.1. The van der Waals surface area contributed by atoms with E-state index in [1.807, 2.05) is 0 Å². The van der Waals surface area contributed by atoms with Crippen LogP contribution in [-0.4, -0.2) is 19.0 Å². The highest BCUT2D eigenvalue weighted by Gasteiger charge is 2.13. The molecular weight excluding hydrogens is 370 g/mol. The van der Waals surface area contributed by atoms with Crippen LogP contribution in [0, 0.1) is 0 Å². The second-order valence-corrected chi connectivity index (χ2v) is 5.70. The molecule has 0 radical (unpaired) electrons. The highest BCUT2D eigenvalue weighted by Crippen LogP contribution is 2.30. The maximum atomic E-state index is 12.5. The van der Waals surface area contributed by atoms with Gasteiger partial charge in [-0.3, -0.25) is 4.79 Å². The number of rotatable bonds is 7. The van der Waals surface area contributed by atoms with Crippen LogP contribution in [-0.2, 0) is 0 Å². The minimum atomic E-state index is -2.98. The van der Waals surface area contributed by atoms with Crippen LogP contribution in [0.5, 0.6) is 11.5 Å². The molecule has 0 aliphatic heterocycles. The molecule has 0 aliphatic carbocycles. The third-order valence-corrected chi connectivity index (χ3v) is 3.82. The van der Waals surface area contributed by atoms with Gasteiger partial charge in [0.25, 0.3) is 0 Å². The van der Waals surface area contributed by atoms with E-state index in [1.54, 1.807) is 31.2 Å². The summed E-state index contributed by atoms with van der Waals surface area (Å²) in [5, 5.41) is 0.631. The quantitative estimate of drug-likeness (QED) is 0.335. The second kappa shape index (κ2) is 8.47. The van der Waals surface area contributed by atoms with E-state index >= 15 is 0 Å². The molecule has 28 heavy (non-hydrogen) atoms. The molecule has 1 aromatic heterocycles. The first-order valence-electron chi connectivity index (χ1n) is 8.45. The Balaban J connectivity index is 1.87. The van der Waals surface area contributed by atoms with Crippen molar-refractivity contribution in [2.75, 3.05) is 6.61 Å². The summed E-state index contributed by atoms with van der Waals surface area (Å²) in [6.45, 7) is -1.02. The van der Waals surface area contributed by atoms with Gasteiger partial charge in [-0.2, -0.15) is 8.78 Å².